The van der Waals surface area contributed by atoms with Crippen LogP contribution in [0, 0.1) is 23.7 Å². The molecule has 4 aliphatic rings. The molecule has 0 spiro atoms. The number of hydrogen-bond donors (Lipinski definition) is 3. The van der Waals surface area contributed by atoms with Crippen LogP contribution in [0.4, 0.5) is 11.4 Å². The van der Waals surface area contributed by atoms with Crippen LogP contribution in [-0.4, -0.2) is 47.8 Å². The van der Waals surface area contributed by atoms with Crippen molar-refractivity contribution >= 4 is 34.8 Å². The van der Waals surface area contributed by atoms with Crippen LogP contribution in [0.25, 0.3) is 11.1 Å². The monoisotopic (exact) mass is 503 g/mol. The molecule has 0 bridgehead atoms. The van der Waals surface area contributed by atoms with E-state index in [0.29, 0.717) is 34.3 Å². The SMILES string of the molecule is O=C(c1cccc(-c2ccc(Cl)cc2)c1)N1CC2C(C1)[C@@H]1CN(C(=O)c3ccc4c(c3)NNN4)C[C@H]21.[HH].[HH]. The second kappa shape index (κ2) is 8.25. The maximum atomic E-state index is 13.4. The maximum absolute atomic E-state index is 13.4. The molecule has 0 aromatic heterocycles. The van der Waals surface area contributed by atoms with E-state index in [1.807, 2.05) is 76.5 Å². The smallest absolute Gasteiger partial charge is 0.253 e. The molecule has 1 saturated carbocycles. The molecule has 3 heterocycles. The first kappa shape index (κ1) is 21.7. The van der Waals surface area contributed by atoms with E-state index < -0.39 is 0 Å². The van der Waals surface area contributed by atoms with Gasteiger partial charge in [-0.25, -0.2) is 0 Å². The Hall–Kier alpha value is -3.55. The van der Waals surface area contributed by atoms with Crippen LogP contribution in [0.5, 0.6) is 0 Å². The van der Waals surface area contributed by atoms with Crippen LogP contribution in [0.2, 0.25) is 5.02 Å². The van der Waals surface area contributed by atoms with E-state index >= 15 is 0 Å². The quantitative estimate of drug-likeness (QED) is 0.476. The number of rotatable bonds is 3. The Labute approximate surface area is 217 Å². The Balaban J connectivity index is 0.00000147. The maximum Gasteiger partial charge on any atom is 0.253 e. The highest BCUT2D eigenvalue weighted by atomic mass is 35.5. The molecular formula is C28H30ClN5O2. The number of anilines is 2. The summed E-state index contributed by atoms with van der Waals surface area (Å²) in [6.45, 7) is 3.11. The number of likely N-dealkylation sites (tertiary alicyclic amines) is 2. The number of fused-ring (bicyclic) bond motifs is 5. The molecule has 2 saturated heterocycles. The summed E-state index contributed by atoms with van der Waals surface area (Å²) in [5.41, 5.74) is 14.2. The Morgan fingerprint density at radius 3 is 1.92 bits per heavy atom. The van der Waals surface area contributed by atoms with Crippen LogP contribution < -0.4 is 16.4 Å². The highest BCUT2D eigenvalue weighted by Crippen LogP contribution is 2.54. The molecule has 3 aromatic rings. The molecule has 3 aromatic carbocycles. The second-order valence-electron chi connectivity index (χ2n) is 10.3. The van der Waals surface area contributed by atoms with Gasteiger partial charge in [0.15, 0.2) is 0 Å². The van der Waals surface area contributed by atoms with Crippen molar-refractivity contribution in [2.75, 3.05) is 37.0 Å². The summed E-state index contributed by atoms with van der Waals surface area (Å²) in [5, 5.41) is 0.697. The molecule has 1 aliphatic carbocycles. The Kier molecular flexibility index (Phi) is 4.98. The molecule has 8 heteroatoms. The molecule has 3 N–H and O–H groups in total. The molecule has 2 amide bonds. The predicted molar refractivity (Wildman–Crippen MR) is 144 cm³/mol. The number of carbonyl (C=O) groups excluding carboxylic acids is 2. The van der Waals surface area contributed by atoms with Crippen LogP contribution >= 0.6 is 11.6 Å². The Morgan fingerprint density at radius 1 is 0.694 bits per heavy atom. The van der Waals surface area contributed by atoms with Gasteiger partial charge in [-0.05, 0) is 77.3 Å². The van der Waals surface area contributed by atoms with E-state index in [0.717, 1.165) is 54.2 Å². The first-order valence-corrected chi connectivity index (χ1v) is 12.8. The molecule has 36 heavy (non-hydrogen) atoms. The van der Waals surface area contributed by atoms with Gasteiger partial charge >= 0.3 is 0 Å². The van der Waals surface area contributed by atoms with Gasteiger partial charge in [-0.1, -0.05) is 35.9 Å². The summed E-state index contributed by atoms with van der Waals surface area (Å²) < 4.78 is 0. The van der Waals surface area contributed by atoms with Crippen molar-refractivity contribution in [2.45, 2.75) is 0 Å². The number of halogens is 1. The molecular weight excluding hydrogens is 474 g/mol. The van der Waals surface area contributed by atoms with Crippen LogP contribution in [0.15, 0.2) is 66.7 Å². The Morgan fingerprint density at radius 2 is 1.28 bits per heavy atom. The van der Waals surface area contributed by atoms with Crippen molar-refractivity contribution in [2.24, 2.45) is 23.7 Å². The van der Waals surface area contributed by atoms with Crippen molar-refractivity contribution in [3.8, 4) is 11.1 Å². The summed E-state index contributed by atoms with van der Waals surface area (Å²) >= 11 is 6.03. The fraction of sp³-hybridized carbons (Fsp3) is 0.286. The predicted octanol–water partition coefficient (Wildman–Crippen LogP) is 4.85. The van der Waals surface area contributed by atoms with E-state index in [1.165, 1.54) is 0 Å². The number of carbonyl (C=O) groups is 2. The summed E-state index contributed by atoms with van der Waals surface area (Å²) in [5.74, 6) is 2.10. The van der Waals surface area contributed by atoms with Crippen molar-refractivity contribution in [3.05, 3.63) is 82.9 Å². The molecule has 7 nitrogen and oxygen atoms in total. The highest BCUT2D eigenvalue weighted by Gasteiger charge is 2.59. The molecule has 2 unspecified atom stereocenters. The second-order valence-corrected chi connectivity index (χ2v) is 10.7. The lowest BCUT2D eigenvalue weighted by molar-refractivity contribution is 0.0629. The van der Waals surface area contributed by atoms with E-state index in [2.05, 4.69) is 16.4 Å². The lowest BCUT2D eigenvalue weighted by atomic mass is 9.60. The lowest BCUT2D eigenvalue weighted by Crippen LogP contribution is -2.44. The molecule has 3 fully saturated rings. The van der Waals surface area contributed by atoms with Crippen molar-refractivity contribution in [1.82, 2.24) is 15.3 Å². The van der Waals surface area contributed by atoms with Crippen LogP contribution in [-0.2, 0) is 0 Å². The third-order valence-electron chi connectivity index (χ3n) is 8.45. The average Bonchev–Trinajstić information content (AvgIpc) is 3.62. The van der Waals surface area contributed by atoms with Gasteiger partial charge in [-0.3, -0.25) is 9.59 Å². The normalized spacial score (nSPS) is 25.4. The minimum Gasteiger partial charge on any atom is -0.338 e. The third kappa shape index (κ3) is 3.45. The van der Waals surface area contributed by atoms with E-state index in [9.17, 15) is 9.59 Å². The first-order valence-electron chi connectivity index (χ1n) is 12.4. The van der Waals surface area contributed by atoms with Gasteiger partial charge in [-0.15, -0.1) is 5.53 Å². The number of hydrazine groups is 2. The molecule has 3 aliphatic heterocycles. The van der Waals surface area contributed by atoms with Crippen molar-refractivity contribution in [1.29, 1.82) is 0 Å². The van der Waals surface area contributed by atoms with Gasteiger partial charge < -0.3 is 20.7 Å². The summed E-state index contributed by atoms with van der Waals surface area (Å²) in [4.78, 5) is 30.6. The van der Waals surface area contributed by atoms with Gasteiger partial charge in [0.2, 0.25) is 0 Å². The summed E-state index contributed by atoms with van der Waals surface area (Å²) in [7, 11) is 0. The number of amides is 2. The first-order chi connectivity index (χ1) is 17.5. The van der Waals surface area contributed by atoms with Gasteiger partial charge in [-0.2, -0.15) is 0 Å². The van der Waals surface area contributed by atoms with Crippen molar-refractivity contribution < 1.29 is 12.4 Å². The Bertz CT molecular complexity index is 1370. The number of hydrogen-bond acceptors (Lipinski definition) is 5. The zero-order valence-electron chi connectivity index (χ0n) is 19.6. The zero-order chi connectivity index (χ0) is 24.4. The van der Waals surface area contributed by atoms with Gasteiger partial charge in [0, 0.05) is 45.2 Å². The number of benzene rings is 3. The average molecular weight is 504 g/mol. The largest absolute Gasteiger partial charge is 0.338 e. The fourth-order valence-corrected chi connectivity index (χ4v) is 6.73. The zero-order valence-corrected chi connectivity index (χ0v) is 20.3. The lowest BCUT2D eigenvalue weighted by Gasteiger charge is -2.42. The summed E-state index contributed by atoms with van der Waals surface area (Å²) in [6, 6.07) is 21.2. The third-order valence-corrected chi connectivity index (χ3v) is 8.70. The molecule has 4 atom stereocenters. The van der Waals surface area contributed by atoms with E-state index in [1.54, 1.807) is 0 Å². The van der Waals surface area contributed by atoms with Crippen molar-refractivity contribution in [3.63, 3.8) is 0 Å². The topological polar surface area (TPSA) is 76.7 Å². The number of nitrogens with zero attached hydrogens (tertiary/aromatic N) is 2. The van der Waals surface area contributed by atoms with Crippen LogP contribution in [0.1, 0.15) is 23.6 Å². The molecule has 186 valence electrons. The highest BCUT2D eigenvalue weighted by molar-refractivity contribution is 6.30. The molecule has 0 radical (unpaired) electrons. The summed E-state index contributed by atoms with van der Waals surface area (Å²) in [6.07, 6.45) is 0. The molecule has 7 rings (SSSR count). The minimum absolute atomic E-state index is 0. The standard InChI is InChI=1S/C28H26ClN5O2.2H2/c29-20-7-4-16(5-8-20)17-2-1-3-18(10-17)27(35)33-12-21-22(13-33)24-15-34(14-23(21)24)28(36)19-6-9-25-26(11-19)31-32-30-25;;/h1-11,21-24,30-32H,12-15H2;2*1H/t21?,22?,23-,24+;;. The van der Waals surface area contributed by atoms with Crippen LogP contribution in [0.3, 0.4) is 0 Å². The van der Waals surface area contributed by atoms with E-state index in [4.69, 9.17) is 11.6 Å². The van der Waals surface area contributed by atoms with Gasteiger partial charge in [0.25, 0.3) is 11.8 Å². The fourth-order valence-electron chi connectivity index (χ4n) is 6.60. The van der Waals surface area contributed by atoms with Gasteiger partial charge in [0.05, 0.1) is 11.4 Å². The number of nitrogens with one attached hydrogen (secondary N) is 3. The minimum atomic E-state index is 0. The van der Waals surface area contributed by atoms with Gasteiger partial charge in [0.1, 0.15) is 0 Å². The van der Waals surface area contributed by atoms with E-state index in [-0.39, 0.29) is 14.7 Å².